The van der Waals surface area contributed by atoms with E-state index < -0.39 is 0 Å². The van der Waals surface area contributed by atoms with Crippen molar-refractivity contribution in [1.82, 2.24) is 5.32 Å². The summed E-state index contributed by atoms with van der Waals surface area (Å²) < 4.78 is 5.55. The highest BCUT2D eigenvalue weighted by Crippen LogP contribution is 2.42. The second-order valence-electron chi connectivity index (χ2n) is 5.61. The lowest BCUT2D eigenvalue weighted by Gasteiger charge is -2.18. The van der Waals surface area contributed by atoms with Gasteiger partial charge in [-0.15, -0.1) is 0 Å². The van der Waals surface area contributed by atoms with Gasteiger partial charge in [-0.05, 0) is 37.2 Å². The first-order valence-electron chi connectivity index (χ1n) is 7.29. The SMILES string of the molecule is O=C(NCC1CCCO1)C(c1ccccc1)C1CC1. The average Bonchev–Trinajstić information content (AvgIpc) is 3.13. The van der Waals surface area contributed by atoms with E-state index in [0.29, 0.717) is 12.5 Å². The van der Waals surface area contributed by atoms with Crippen LogP contribution >= 0.6 is 0 Å². The molecule has 0 bridgehead atoms. The maximum absolute atomic E-state index is 12.4. The Bertz CT molecular complexity index is 422. The summed E-state index contributed by atoms with van der Waals surface area (Å²) >= 11 is 0. The van der Waals surface area contributed by atoms with Gasteiger partial charge >= 0.3 is 0 Å². The fourth-order valence-electron chi connectivity index (χ4n) is 2.86. The number of carbonyl (C=O) groups excluding carboxylic acids is 1. The predicted octanol–water partition coefficient (Wildman–Crippen LogP) is 2.48. The Balaban J connectivity index is 1.61. The van der Waals surface area contributed by atoms with Gasteiger partial charge in [0.2, 0.25) is 5.91 Å². The van der Waals surface area contributed by atoms with Crippen molar-refractivity contribution in [2.45, 2.75) is 37.7 Å². The van der Waals surface area contributed by atoms with E-state index in [9.17, 15) is 4.79 Å². The van der Waals surface area contributed by atoms with Crippen molar-refractivity contribution in [2.24, 2.45) is 5.92 Å². The van der Waals surface area contributed by atoms with E-state index in [1.165, 1.54) is 12.8 Å². The molecular formula is C16H21NO2. The van der Waals surface area contributed by atoms with Crippen LogP contribution in [0.1, 0.15) is 37.2 Å². The van der Waals surface area contributed by atoms with Crippen LogP contribution in [0.25, 0.3) is 0 Å². The van der Waals surface area contributed by atoms with Gasteiger partial charge in [0.15, 0.2) is 0 Å². The molecule has 1 N–H and O–H groups in total. The molecule has 3 rings (SSSR count). The molecule has 2 aliphatic rings. The molecule has 0 spiro atoms. The van der Waals surface area contributed by atoms with Gasteiger partial charge in [-0.2, -0.15) is 0 Å². The molecule has 1 amide bonds. The second-order valence-corrected chi connectivity index (χ2v) is 5.61. The van der Waals surface area contributed by atoms with Gasteiger partial charge in [0.1, 0.15) is 0 Å². The van der Waals surface area contributed by atoms with Gasteiger partial charge in [0.25, 0.3) is 0 Å². The first-order valence-corrected chi connectivity index (χ1v) is 7.29. The Morgan fingerprint density at radius 2 is 2.05 bits per heavy atom. The number of amides is 1. The molecule has 19 heavy (non-hydrogen) atoms. The van der Waals surface area contributed by atoms with Crippen molar-refractivity contribution in [3.05, 3.63) is 35.9 Å². The quantitative estimate of drug-likeness (QED) is 0.882. The molecule has 2 fully saturated rings. The van der Waals surface area contributed by atoms with Crippen LogP contribution in [-0.4, -0.2) is 25.2 Å². The molecule has 1 saturated carbocycles. The van der Waals surface area contributed by atoms with Gasteiger partial charge < -0.3 is 10.1 Å². The van der Waals surface area contributed by atoms with Crippen LogP contribution in [-0.2, 0) is 9.53 Å². The largest absolute Gasteiger partial charge is 0.376 e. The lowest BCUT2D eigenvalue weighted by atomic mass is 9.93. The third kappa shape index (κ3) is 3.16. The molecule has 3 heteroatoms. The van der Waals surface area contributed by atoms with E-state index in [2.05, 4.69) is 17.4 Å². The molecular weight excluding hydrogens is 238 g/mol. The average molecular weight is 259 g/mol. The highest BCUT2D eigenvalue weighted by molar-refractivity contribution is 5.84. The van der Waals surface area contributed by atoms with Gasteiger partial charge in [-0.3, -0.25) is 4.79 Å². The Hall–Kier alpha value is -1.35. The summed E-state index contributed by atoms with van der Waals surface area (Å²) in [4.78, 5) is 12.4. The monoisotopic (exact) mass is 259 g/mol. The lowest BCUT2D eigenvalue weighted by Crippen LogP contribution is -2.36. The molecule has 1 aromatic carbocycles. The van der Waals surface area contributed by atoms with E-state index in [4.69, 9.17) is 4.74 Å². The van der Waals surface area contributed by atoms with Gasteiger partial charge in [0.05, 0.1) is 12.0 Å². The number of rotatable bonds is 5. The van der Waals surface area contributed by atoms with Crippen molar-refractivity contribution >= 4 is 5.91 Å². The third-order valence-corrected chi connectivity index (χ3v) is 4.06. The molecule has 2 unspecified atom stereocenters. The molecule has 102 valence electrons. The Morgan fingerprint density at radius 1 is 1.26 bits per heavy atom. The minimum atomic E-state index is 0.0302. The summed E-state index contributed by atoms with van der Waals surface area (Å²) in [5.74, 6) is 0.735. The minimum Gasteiger partial charge on any atom is -0.376 e. The molecule has 1 aliphatic heterocycles. The van der Waals surface area contributed by atoms with Crippen LogP contribution in [0.15, 0.2) is 30.3 Å². The van der Waals surface area contributed by atoms with E-state index in [1.54, 1.807) is 0 Å². The van der Waals surface area contributed by atoms with E-state index in [1.807, 2.05) is 18.2 Å². The normalized spacial score (nSPS) is 24.1. The molecule has 1 saturated heterocycles. The zero-order valence-electron chi connectivity index (χ0n) is 11.2. The highest BCUT2D eigenvalue weighted by Gasteiger charge is 2.37. The van der Waals surface area contributed by atoms with Crippen LogP contribution in [0, 0.1) is 5.92 Å². The molecule has 0 aromatic heterocycles. The maximum Gasteiger partial charge on any atom is 0.227 e. The second kappa shape index (κ2) is 5.74. The van der Waals surface area contributed by atoms with Crippen molar-refractivity contribution in [3.8, 4) is 0 Å². The van der Waals surface area contributed by atoms with Gasteiger partial charge in [-0.25, -0.2) is 0 Å². The zero-order valence-corrected chi connectivity index (χ0v) is 11.2. The first kappa shape index (κ1) is 12.7. The van der Waals surface area contributed by atoms with E-state index in [0.717, 1.165) is 25.0 Å². The number of hydrogen-bond donors (Lipinski definition) is 1. The van der Waals surface area contributed by atoms with Crippen LogP contribution < -0.4 is 5.32 Å². The van der Waals surface area contributed by atoms with Crippen LogP contribution in [0.4, 0.5) is 0 Å². The fourth-order valence-corrected chi connectivity index (χ4v) is 2.86. The van der Waals surface area contributed by atoms with Crippen molar-refractivity contribution in [3.63, 3.8) is 0 Å². The zero-order chi connectivity index (χ0) is 13.1. The number of nitrogens with one attached hydrogen (secondary N) is 1. The van der Waals surface area contributed by atoms with Crippen LogP contribution in [0.3, 0.4) is 0 Å². The summed E-state index contributed by atoms with van der Waals surface area (Å²) in [7, 11) is 0. The van der Waals surface area contributed by atoms with Gasteiger partial charge in [-0.1, -0.05) is 30.3 Å². The number of ether oxygens (including phenoxy) is 1. The smallest absolute Gasteiger partial charge is 0.227 e. The molecule has 0 radical (unpaired) electrons. The molecule has 2 atom stereocenters. The van der Waals surface area contributed by atoms with Gasteiger partial charge in [0, 0.05) is 13.2 Å². The molecule has 3 nitrogen and oxygen atoms in total. The summed E-state index contributed by atoms with van der Waals surface area (Å²) in [6, 6.07) is 10.1. The summed E-state index contributed by atoms with van der Waals surface area (Å²) in [6.45, 7) is 1.50. The van der Waals surface area contributed by atoms with E-state index >= 15 is 0 Å². The topological polar surface area (TPSA) is 38.3 Å². The number of benzene rings is 1. The third-order valence-electron chi connectivity index (χ3n) is 4.06. The number of hydrogen-bond acceptors (Lipinski definition) is 2. The Labute approximate surface area is 114 Å². The van der Waals surface area contributed by atoms with E-state index in [-0.39, 0.29) is 17.9 Å². The van der Waals surface area contributed by atoms with Crippen molar-refractivity contribution < 1.29 is 9.53 Å². The maximum atomic E-state index is 12.4. The first-order chi connectivity index (χ1) is 9.34. The molecule has 1 aliphatic carbocycles. The van der Waals surface area contributed by atoms with Crippen molar-refractivity contribution in [1.29, 1.82) is 0 Å². The lowest BCUT2D eigenvalue weighted by molar-refractivity contribution is -0.123. The number of carbonyl (C=O) groups is 1. The van der Waals surface area contributed by atoms with Crippen LogP contribution in [0.2, 0.25) is 0 Å². The highest BCUT2D eigenvalue weighted by atomic mass is 16.5. The Morgan fingerprint density at radius 3 is 2.68 bits per heavy atom. The van der Waals surface area contributed by atoms with Crippen LogP contribution in [0.5, 0.6) is 0 Å². The minimum absolute atomic E-state index is 0.0302. The summed E-state index contributed by atoms with van der Waals surface area (Å²) in [6.07, 6.45) is 4.75. The fraction of sp³-hybridized carbons (Fsp3) is 0.562. The molecule has 1 heterocycles. The summed E-state index contributed by atoms with van der Waals surface area (Å²) in [5.41, 5.74) is 1.15. The van der Waals surface area contributed by atoms with Crippen molar-refractivity contribution in [2.75, 3.05) is 13.2 Å². The standard InChI is InChI=1S/C16H21NO2/c18-16(17-11-14-7-4-10-19-14)15(13-8-9-13)12-5-2-1-3-6-12/h1-3,5-6,13-15H,4,7-11H2,(H,17,18). The summed E-state index contributed by atoms with van der Waals surface area (Å²) in [5, 5.41) is 3.08. The predicted molar refractivity (Wildman–Crippen MR) is 73.9 cm³/mol. The Kier molecular flexibility index (Phi) is 3.83. The molecule has 1 aromatic rings.